The minimum Gasteiger partial charge on any atom is -0.374 e. The second kappa shape index (κ2) is 15.5. The average Bonchev–Trinajstić information content (AvgIpc) is 2.46. The molecule has 0 aliphatic heterocycles. The smallest absolute Gasteiger partial charge is 0.0854 e. The van der Waals surface area contributed by atoms with E-state index in [0.29, 0.717) is 6.17 Å². The topological polar surface area (TPSA) is 15.7 Å². The monoisotopic (exact) mass is 312 g/mol. The standard InChI is InChI=1S/C19H40N2O/c1-6-7-8-9-10-11-12-13-14-15-16-17-22-18-19(20(2)3)21(4)5/h15-16,19H,6-14,17-18H2,1-5H3. The molecular weight excluding hydrogens is 272 g/mol. The second-order valence-corrected chi connectivity index (χ2v) is 6.68. The van der Waals surface area contributed by atoms with Crippen LogP contribution in [-0.2, 0) is 4.74 Å². The van der Waals surface area contributed by atoms with Crippen LogP contribution in [0.5, 0.6) is 0 Å². The maximum absolute atomic E-state index is 5.73. The molecule has 0 unspecified atom stereocenters. The quantitative estimate of drug-likeness (QED) is 0.251. The van der Waals surface area contributed by atoms with Crippen molar-refractivity contribution in [2.24, 2.45) is 0 Å². The van der Waals surface area contributed by atoms with E-state index in [9.17, 15) is 0 Å². The molecule has 0 amide bonds. The Balaban J connectivity index is 3.37. The minimum atomic E-state index is 0.348. The summed E-state index contributed by atoms with van der Waals surface area (Å²) in [7, 11) is 8.36. The summed E-state index contributed by atoms with van der Waals surface area (Å²) in [6.45, 7) is 3.76. The molecule has 3 heteroatoms. The zero-order valence-electron chi connectivity index (χ0n) is 15.8. The maximum atomic E-state index is 5.73. The lowest BCUT2D eigenvalue weighted by atomic mass is 10.1. The number of likely N-dealkylation sites (N-methyl/N-ethyl adjacent to an activating group) is 2. The summed E-state index contributed by atoms with van der Waals surface area (Å²) < 4.78 is 5.73. The first-order chi connectivity index (χ1) is 10.6. The number of hydrogen-bond acceptors (Lipinski definition) is 3. The molecule has 0 heterocycles. The van der Waals surface area contributed by atoms with Gasteiger partial charge in [-0.25, -0.2) is 0 Å². The van der Waals surface area contributed by atoms with E-state index >= 15 is 0 Å². The first-order valence-corrected chi connectivity index (χ1v) is 9.15. The molecule has 3 nitrogen and oxygen atoms in total. The van der Waals surface area contributed by atoms with Gasteiger partial charge in [0.1, 0.15) is 0 Å². The highest BCUT2D eigenvalue weighted by atomic mass is 16.5. The summed E-state index contributed by atoms with van der Waals surface area (Å²) in [6.07, 6.45) is 17.1. The Bertz CT molecular complexity index is 244. The summed E-state index contributed by atoms with van der Waals surface area (Å²) in [5.41, 5.74) is 0. The fourth-order valence-electron chi connectivity index (χ4n) is 2.58. The highest BCUT2D eigenvalue weighted by molar-refractivity contribution is 4.81. The Morgan fingerprint density at radius 1 is 0.773 bits per heavy atom. The van der Waals surface area contributed by atoms with Crippen LogP contribution in [0.1, 0.15) is 64.7 Å². The largest absolute Gasteiger partial charge is 0.374 e. The molecule has 0 aromatic carbocycles. The van der Waals surface area contributed by atoms with Crippen LogP contribution in [0.15, 0.2) is 12.2 Å². The molecule has 0 N–H and O–H groups in total. The second-order valence-electron chi connectivity index (χ2n) is 6.68. The Hall–Kier alpha value is -0.380. The lowest BCUT2D eigenvalue weighted by molar-refractivity contribution is 0.0280. The van der Waals surface area contributed by atoms with E-state index in [-0.39, 0.29) is 0 Å². The van der Waals surface area contributed by atoms with Crippen molar-refractivity contribution in [1.29, 1.82) is 0 Å². The molecule has 0 saturated carbocycles. The predicted molar refractivity (Wildman–Crippen MR) is 98.3 cm³/mol. The van der Waals surface area contributed by atoms with Gasteiger partial charge in [0.15, 0.2) is 0 Å². The van der Waals surface area contributed by atoms with E-state index in [1.165, 1.54) is 57.8 Å². The Kier molecular flexibility index (Phi) is 15.2. The van der Waals surface area contributed by atoms with E-state index < -0.39 is 0 Å². The van der Waals surface area contributed by atoms with Crippen molar-refractivity contribution < 1.29 is 4.74 Å². The van der Waals surface area contributed by atoms with Crippen molar-refractivity contribution in [3.05, 3.63) is 12.2 Å². The lowest BCUT2D eigenvalue weighted by Gasteiger charge is -2.29. The minimum absolute atomic E-state index is 0.348. The Morgan fingerprint density at radius 3 is 1.86 bits per heavy atom. The molecule has 0 saturated heterocycles. The van der Waals surface area contributed by atoms with Gasteiger partial charge in [-0.15, -0.1) is 0 Å². The number of unbranched alkanes of at least 4 members (excludes halogenated alkanes) is 8. The fourth-order valence-corrected chi connectivity index (χ4v) is 2.58. The first kappa shape index (κ1) is 21.6. The molecular formula is C19H40N2O. The van der Waals surface area contributed by atoms with Crippen LogP contribution >= 0.6 is 0 Å². The summed E-state index contributed by atoms with van der Waals surface area (Å²) in [4.78, 5) is 4.37. The van der Waals surface area contributed by atoms with Gasteiger partial charge in [-0.2, -0.15) is 0 Å². The van der Waals surface area contributed by atoms with Crippen molar-refractivity contribution >= 4 is 0 Å². The summed E-state index contributed by atoms with van der Waals surface area (Å²) >= 11 is 0. The number of ether oxygens (including phenoxy) is 1. The van der Waals surface area contributed by atoms with Crippen molar-refractivity contribution in [3.8, 4) is 0 Å². The molecule has 0 atom stereocenters. The van der Waals surface area contributed by atoms with E-state index in [1.54, 1.807) is 0 Å². The lowest BCUT2D eigenvalue weighted by Crippen LogP contribution is -2.44. The third-order valence-electron chi connectivity index (χ3n) is 4.06. The van der Waals surface area contributed by atoms with Crippen LogP contribution in [0.4, 0.5) is 0 Å². The van der Waals surface area contributed by atoms with Crippen molar-refractivity contribution in [1.82, 2.24) is 9.80 Å². The zero-order chi connectivity index (χ0) is 16.6. The van der Waals surface area contributed by atoms with Crippen LogP contribution < -0.4 is 0 Å². The van der Waals surface area contributed by atoms with Crippen molar-refractivity contribution in [3.63, 3.8) is 0 Å². The number of hydrogen-bond donors (Lipinski definition) is 0. The van der Waals surface area contributed by atoms with Crippen molar-refractivity contribution in [2.45, 2.75) is 70.9 Å². The first-order valence-electron chi connectivity index (χ1n) is 9.15. The van der Waals surface area contributed by atoms with E-state index in [1.807, 2.05) is 0 Å². The number of nitrogens with zero attached hydrogens (tertiary/aromatic N) is 2. The van der Waals surface area contributed by atoms with E-state index in [4.69, 9.17) is 4.74 Å². The van der Waals surface area contributed by atoms with Gasteiger partial charge in [-0.1, -0.05) is 64.0 Å². The highest BCUT2D eigenvalue weighted by Gasteiger charge is 2.12. The molecule has 0 fully saturated rings. The molecule has 0 spiro atoms. The fraction of sp³-hybridized carbons (Fsp3) is 0.895. The highest BCUT2D eigenvalue weighted by Crippen LogP contribution is 2.09. The Labute approximate surface area is 139 Å². The van der Waals surface area contributed by atoms with Crippen LogP contribution in [0, 0.1) is 0 Å². The molecule has 0 aromatic rings. The van der Waals surface area contributed by atoms with Gasteiger partial charge in [0, 0.05) is 0 Å². The van der Waals surface area contributed by atoms with Gasteiger partial charge in [-0.05, 0) is 41.0 Å². The van der Waals surface area contributed by atoms with Gasteiger partial charge < -0.3 is 4.74 Å². The van der Waals surface area contributed by atoms with Gasteiger partial charge in [-0.3, -0.25) is 9.80 Å². The Morgan fingerprint density at radius 2 is 1.32 bits per heavy atom. The van der Waals surface area contributed by atoms with Crippen LogP contribution in [-0.4, -0.2) is 57.4 Å². The molecule has 0 aromatic heterocycles. The molecule has 0 radical (unpaired) electrons. The maximum Gasteiger partial charge on any atom is 0.0854 e. The SMILES string of the molecule is CCCCCCCCCCC=CCOCC(N(C)C)N(C)C. The van der Waals surface area contributed by atoms with Gasteiger partial charge in [0.2, 0.25) is 0 Å². The van der Waals surface area contributed by atoms with Crippen LogP contribution in [0.25, 0.3) is 0 Å². The summed E-state index contributed by atoms with van der Waals surface area (Å²) in [6, 6.07) is 0. The van der Waals surface area contributed by atoms with E-state index in [2.05, 4.69) is 57.1 Å². The average molecular weight is 313 g/mol. The van der Waals surface area contributed by atoms with Gasteiger partial charge in [0.25, 0.3) is 0 Å². The number of rotatable bonds is 15. The molecule has 0 rings (SSSR count). The van der Waals surface area contributed by atoms with Gasteiger partial charge >= 0.3 is 0 Å². The number of allylic oxidation sites excluding steroid dienone is 1. The van der Waals surface area contributed by atoms with E-state index in [0.717, 1.165) is 13.2 Å². The van der Waals surface area contributed by atoms with Crippen LogP contribution in [0.3, 0.4) is 0 Å². The molecule has 0 aliphatic rings. The molecule has 0 aliphatic carbocycles. The molecule has 22 heavy (non-hydrogen) atoms. The zero-order valence-corrected chi connectivity index (χ0v) is 15.8. The van der Waals surface area contributed by atoms with Gasteiger partial charge in [0.05, 0.1) is 19.4 Å². The van der Waals surface area contributed by atoms with Crippen LogP contribution in [0.2, 0.25) is 0 Å². The predicted octanol–water partition coefficient (Wildman–Crippen LogP) is 4.54. The summed E-state index contributed by atoms with van der Waals surface area (Å²) in [5, 5.41) is 0. The molecule has 132 valence electrons. The third-order valence-corrected chi connectivity index (χ3v) is 4.06. The normalized spacial score (nSPS) is 12.4. The summed E-state index contributed by atoms with van der Waals surface area (Å²) in [5.74, 6) is 0. The third kappa shape index (κ3) is 13.3. The van der Waals surface area contributed by atoms with Crippen molar-refractivity contribution in [2.75, 3.05) is 41.4 Å². The molecule has 0 bridgehead atoms.